The Morgan fingerprint density at radius 3 is 2.14 bits per heavy atom. The Morgan fingerprint density at radius 1 is 1.00 bits per heavy atom. The molecule has 0 bridgehead atoms. The van der Waals surface area contributed by atoms with Crippen LogP contribution in [-0.2, 0) is 22.2 Å². The average molecular weight is 401 g/mol. The van der Waals surface area contributed by atoms with E-state index in [1.807, 2.05) is 19.1 Å². The average Bonchev–Trinajstić information content (AvgIpc) is 3.24. The highest BCUT2D eigenvalue weighted by atomic mass is 32.2. The minimum Gasteiger partial charge on any atom is -0.346 e. The first-order valence-electron chi connectivity index (χ1n) is 9.85. The summed E-state index contributed by atoms with van der Waals surface area (Å²) in [6.45, 7) is 5.29. The highest BCUT2D eigenvalue weighted by Gasteiger charge is 2.25. The summed E-state index contributed by atoms with van der Waals surface area (Å²) in [6, 6.07) is 15.0. The molecule has 1 amide bonds. The Morgan fingerprint density at radius 2 is 1.57 bits per heavy atom. The molecule has 0 aliphatic carbocycles. The third kappa shape index (κ3) is 5.00. The molecule has 3 rings (SSSR count). The fourth-order valence-electron chi connectivity index (χ4n) is 3.43. The molecule has 1 N–H and O–H groups in total. The van der Waals surface area contributed by atoms with E-state index in [1.54, 1.807) is 28.6 Å². The summed E-state index contributed by atoms with van der Waals surface area (Å²) in [6.07, 6.45) is 2.84. The number of carbonyl (C=O) groups is 1. The van der Waals surface area contributed by atoms with Crippen molar-refractivity contribution in [2.24, 2.45) is 0 Å². The molecule has 5 nitrogen and oxygen atoms in total. The number of benzene rings is 2. The van der Waals surface area contributed by atoms with Crippen molar-refractivity contribution in [3.8, 4) is 0 Å². The molecular formula is C22H28N2O3S. The van der Waals surface area contributed by atoms with E-state index in [1.165, 1.54) is 5.56 Å². The van der Waals surface area contributed by atoms with Crippen molar-refractivity contribution in [3.63, 3.8) is 0 Å². The number of carbonyl (C=O) groups excluding carboxylic acids is 1. The standard InChI is InChI=1S/C22H28N2O3S/c1-3-18-6-10-20(11-7-18)17(2)23-22(25)21-12-8-19(9-13-21)16-28(26,27)24-14-4-5-15-24/h6-13,17H,3-5,14-16H2,1-2H3,(H,23,25)/t17-/m1/s1. The number of sulfonamides is 1. The van der Waals surface area contributed by atoms with Gasteiger partial charge in [-0.1, -0.05) is 43.3 Å². The molecule has 150 valence electrons. The fourth-order valence-corrected chi connectivity index (χ4v) is 5.04. The third-order valence-corrected chi connectivity index (χ3v) is 7.11. The van der Waals surface area contributed by atoms with Gasteiger partial charge >= 0.3 is 0 Å². The van der Waals surface area contributed by atoms with Gasteiger partial charge in [0.05, 0.1) is 11.8 Å². The van der Waals surface area contributed by atoms with Crippen LogP contribution in [0.1, 0.15) is 59.8 Å². The van der Waals surface area contributed by atoms with E-state index >= 15 is 0 Å². The Bertz CT molecular complexity index is 900. The lowest BCUT2D eigenvalue weighted by Gasteiger charge is -2.16. The van der Waals surface area contributed by atoms with Crippen molar-refractivity contribution in [1.82, 2.24) is 9.62 Å². The van der Waals surface area contributed by atoms with Crippen LogP contribution in [0, 0.1) is 0 Å². The van der Waals surface area contributed by atoms with E-state index < -0.39 is 10.0 Å². The van der Waals surface area contributed by atoms with Crippen LogP contribution in [0.2, 0.25) is 0 Å². The van der Waals surface area contributed by atoms with Gasteiger partial charge < -0.3 is 5.32 Å². The summed E-state index contributed by atoms with van der Waals surface area (Å²) >= 11 is 0. The first-order valence-corrected chi connectivity index (χ1v) is 11.5. The zero-order valence-electron chi connectivity index (χ0n) is 16.5. The van der Waals surface area contributed by atoms with Crippen LogP contribution >= 0.6 is 0 Å². The lowest BCUT2D eigenvalue weighted by Crippen LogP contribution is -2.29. The van der Waals surface area contributed by atoms with Gasteiger partial charge in [-0.05, 0) is 55.0 Å². The second kappa shape index (κ2) is 8.88. The van der Waals surface area contributed by atoms with Gasteiger partial charge in [-0.3, -0.25) is 4.79 Å². The van der Waals surface area contributed by atoms with Crippen LogP contribution in [0.3, 0.4) is 0 Å². The monoisotopic (exact) mass is 400 g/mol. The predicted molar refractivity (Wildman–Crippen MR) is 112 cm³/mol. The van der Waals surface area contributed by atoms with Crippen molar-refractivity contribution in [2.45, 2.75) is 44.9 Å². The van der Waals surface area contributed by atoms with Crippen LogP contribution in [0.5, 0.6) is 0 Å². The summed E-state index contributed by atoms with van der Waals surface area (Å²) in [7, 11) is -3.27. The van der Waals surface area contributed by atoms with E-state index in [2.05, 4.69) is 24.4 Å². The van der Waals surface area contributed by atoms with Crippen molar-refractivity contribution in [2.75, 3.05) is 13.1 Å². The minimum absolute atomic E-state index is 0.0188. The van der Waals surface area contributed by atoms with Gasteiger partial charge in [-0.2, -0.15) is 0 Å². The molecule has 2 aromatic carbocycles. The lowest BCUT2D eigenvalue weighted by molar-refractivity contribution is 0.0940. The molecule has 1 heterocycles. The van der Waals surface area contributed by atoms with E-state index in [4.69, 9.17) is 0 Å². The van der Waals surface area contributed by atoms with Crippen molar-refractivity contribution < 1.29 is 13.2 Å². The number of hydrogen-bond acceptors (Lipinski definition) is 3. The number of aryl methyl sites for hydroxylation is 1. The normalized spacial score (nSPS) is 16.1. The molecule has 1 saturated heterocycles. The Balaban J connectivity index is 1.61. The van der Waals surface area contributed by atoms with Crippen LogP contribution < -0.4 is 5.32 Å². The smallest absolute Gasteiger partial charge is 0.251 e. The van der Waals surface area contributed by atoms with Gasteiger partial charge in [-0.15, -0.1) is 0 Å². The highest BCUT2D eigenvalue weighted by molar-refractivity contribution is 7.88. The maximum absolute atomic E-state index is 12.5. The number of amides is 1. The molecule has 1 aliphatic heterocycles. The highest BCUT2D eigenvalue weighted by Crippen LogP contribution is 2.18. The number of rotatable bonds is 7. The van der Waals surface area contributed by atoms with Gasteiger partial charge in [0, 0.05) is 18.7 Å². The molecular weight excluding hydrogens is 372 g/mol. The minimum atomic E-state index is -3.27. The molecule has 0 radical (unpaired) electrons. The van der Waals surface area contributed by atoms with Crippen LogP contribution in [0.4, 0.5) is 0 Å². The molecule has 0 unspecified atom stereocenters. The van der Waals surface area contributed by atoms with Crippen molar-refractivity contribution in [3.05, 3.63) is 70.8 Å². The summed E-state index contributed by atoms with van der Waals surface area (Å²) in [5.74, 6) is -0.184. The SMILES string of the molecule is CCc1ccc([C@@H](C)NC(=O)c2ccc(CS(=O)(=O)N3CCCC3)cc2)cc1. The van der Waals surface area contributed by atoms with Crippen molar-refractivity contribution >= 4 is 15.9 Å². The van der Waals surface area contributed by atoms with Crippen LogP contribution in [0.15, 0.2) is 48.5 Å². The van der Waals surface area contributed by atoms with Crippen LogP contribution in [0.25, 0.3) is 0 Å². The van der Waals surface area contributed by atoms with E-state index in [0.29, 0.717) is 24.2 Å². The number of nitrogens with zero attached hydrogens (tertiary/aromatic N) is 1. The molecule has 0 saturated carbocycles. The Hall–Kier alpha value is -2.18. The molecule has 6 heteroatoms. The zero-order chi connectivity index (χ0) is 20.1. The molecule has 1 aliphatic rings. The Labute approximate surface area is 167 Å². The molecule has 0 spiro atoms. The number of nitrogens with one attached hydrogen (secondary N) is 1. The van der Waals surface area contributed by atoms with Crippen molar-refractivity contribution in [1.29, 1.82) is 0 Å². The fraction of sp³-hybridized carbons (Fsp3) is 0.409. The summed E-state index contributed by atoms with van der Waals surface area (Å²) in [4.78, 5) is 12.5. The van der Waals surface area contributed by atoms with Crippen LogP contribution in [-0.4, -0.2) is 31.7 Å². The third-order valence-electron chi connectivity index (χ3n) is 5.26. The largest absolute Gasteiger partial charge is 0.346 e. The first-order chi connectivity index (χ1) is 13.4. The van der Waals surface area contributed by atoms with E-state index in [-0.39, 0.29) is 17.7 Å². The second-order valence-corrected chi connectivity index (χ2v) is 9.32. The molecule has 0 aromatic heterocycles. The predicted octanol–water partition coefficient (Wildman–Crippen LogP) is 3.67. The first kappa shape index (κ1) is 20.6. The van der Waals surface area contributed by atoms with Gasteiger partial charge in [0.1, 0.15) is 0 Å². The maximum Gasteiger partial charge on any atom is 0.251 e. The Kier molecular flexibility index (Phi) is 6.52. The maximum atomic E-state index is 12.5. The molecule has 1 atom stereocenters. The lowest BCUT2D eigenvalue weighted by atomic mass is 10.0. The molecule has 2 aromatic rings. The van der Waals surface area contributed by atoms with Gasteiger partial charge in [0.15, 0.2) is 0 Å². The number of hydrogen-bond donors (Lipinski definition) is 1. The quantitative estimate of drug-likeness (QED) is 0.771. The van der Waals surface area contributed by atoms with Gasteiger partial charge in [0.2, 0.25) is 10.0 Å². The van der Waals surface area contributed by atoms with Gasteiger partial charge in [0.25, 0.3) is 5.91 Å². The molecule has 28 heavy (non-hydrogen) atoms. The van der Waals surface area contributed by atoms with E-state index in [9.17, 15) is 13.2 Å². The van der Waals surface area contributed by atoms with Gasteiger partial charge in [-0.25, -0.2) is 12.7 Å². The second-order valence-electron chi connectivity index (χ2n) is 7.35. The summed E-state index contributed by atoms with van der Waals surface area (Å²) in [5, 5.41) is 3.00. The zero-order valence-corrected chi connectivity index (χ0v) is 17.3. The summed E-state index contributed by atoms with van der Waals surface area (Å²) in [5.41, 5.74) is 3.55. The molecule has 1 fully saturated rings. The summed E-state index contributed by atoms with van der Waals surface area (Å²) < 4.78 is 26.4. The van der Waals surface area contributed by atoms with E-state index in [0.717, 1.165) is 24.8 Å². The topological polar surface area (TPSA) is 66.5 Å².